The quantitative estimate of drug-likeness (QED) is 0.437. The Labute approximate surface area is 88.1 Å². The van der Waals surface area contributed by atoms with E-state index in [1.165, 1.54) is 0 Å². The molecule has 0 spiro atoms. The number of hydrogen-bond acceptors (Lipinski definition) is 3. The number of nitrogens with zero attached hydrogens (tertiary/aromatic N) is 2. The minimum absolute atomic E-state index is 0.589. The Bertz CT molecular complexity index is 532. The van der Waals surface area contributed by atoms with Gasteiger partial charge in [0.2, 0.25) is 0 Å². The topological polar surface area (TPSA) is 45.5 Å². The smallest absolute Gasteiger partial charge is 0.0855 e. The molecule has 0 radical (unpaired) electrons. The predicted molar refractivity (Wildman–Crippen MR) is 60.5 cm³/mol. The summed E-state index contributed by atoms with van der Waals surface area (Å²) in [6.45, 7) is 3.68. The first-order chi connectivity index (χ1) is 7.22. The molecule has 0 aliphatic carbocycles. The van der Waals surface area contributed by atoms with Crippen LogP contribution in [-0.2, 0) is 0 Å². The molecule has 3 nitrogen and oxygen atoms in total. The second-order valence-electron chi connectivity index (χ2n) is 3.50. The van der Waals surface area contributed by atoms with Gasteiger partial charge in [0.25, 0.3) is 0 Å². The third-order valence-corrected chi connectivity index (χ3v) is 2.45. The maximum Gasteiger partial charge on any atom is 0.0855 e. The van der Waals surface area contributed by atoms with Crippen LogP contribution in [0, 0.1) is 6.92 Å². The van der Waals surface area contributed by atoms with Gasteiger partial charge in [-0.05, 0) is 26.0 Å². The highest BCUT2D eigenvalue weighted by Gasteiger charge is 2.05. The first kappa shape index (κ1) is 9.65. The molecule has 0 saturated carbocycles. The maximum absolute atomic E-state index is 8.74. The molecule has 1 heterocycles. The van der Waals surface area contributed by atoms with Gasteiger partial charge in [0.15, 0.2) is 0 Å². The highest BCUT2D eigenvalue weighted by molar-refractivity contribution is 6.01. The van der Waals surface area contributed by atoms with Crippen molar-refractivity contribution in [1.29, 1.82) is 0 Å². The average Bonchev–Trinajstić information content (AvgIpc) is 2.27. The van der Waals surface area contributed by atoms with Crippen molar-refractivity contribution < 1.29 is 5.21 Å². The van der Waals surface area contributed by atoms with E-state index in [1.807, 2.05) is 37.3 Å². The van der Waals surface area contributed by atoms with Crippen molar-refractivity contribution in [2.45, 2.75) is 13.8 Å². The number of pyridine rings is 1. The van der Waals surface area contributed by atoms with Gasteiger partial charge >= 0.3 is 0 Å². The zero-order valence-corrected chi connectivity index (χ0v) is 8.73. The summed E-state index contributed by atoms with van der Waals surface area (Å²) in [4.78, 5) is 4.45. The summed E-state index contributed by atoms with van der Waals surface area (Å²) in [6, 6.07) is 9.89. The zero-order chi connectivity index (χ0) is 10.8. The van der Waals surface area contributed by atoms with Crippen LogP contribution in [0.3, 0.4) is 0 Å². The molecule has 1 N–H and O–H groups in total. The molecular weight excluding hydrogens is 188 g/mol. The van der Waals surface area contributed by atoms with Crippen molar-refractivity contribution in [3.8, 4) is 0 Å². The molecule has 0 fully saturated rings. The van der Waals surface area contributed by atoms with Crippen LogP contribution in [0.2, 0.25) is 0 Å². The molecule has 2 rings (SSSR count). The summed E-state index contributed by atoms with van der Waals surface area (Å²) >= 11 is 0. The Kier molecular flexibility index (Phi) is 2.37. The predicted octanol–water partition coefficient (Wildman–Crippen LogP) is 2.74. The summed E-state index contributed by atoms with van der Waals surface area (Å²) in [6.07, 6.45) is 0. The van der Waals surface area contributed by atoms with Gasteiger partial charge in [0.1, 0.15) is 0 Å². The lowest BCUT2D eigenvalue weighted by molar-refractivity contribution is 0.319. The van der Waals surface area contributed by atoms with E-state index in [4.69, 9.17) is 5.21 Å². The number of benzene rings is 1. The Morgan fingerprint density at radius 2 is 2.07 bits per heavy atom. The fraction of sp³-hybridized carbons (Fsp3) is 0.167. The number of hydrogen-bond donors (Lipinski definition) is 1. The molecular formula is C12H12N2O. The van der Waals surface area contributed by atoms with E-state index < -0.39 is 0 Å². The van der Waals surface area contributed by atoms with Crippen LogP contribution < -0.4 is 0 Å². The van der Waals surface area contributed by atoms with E-state index in [1.54, 1.807) is 6.92 Å². The Morgan fingerprint density at radius 3 is 2.80 bits per heavy atom. The van der Waals surface area contributed by atoms with Gasteiger partial charge in [-0.25, -0.2) is 0 Å². The van der Waals surface area contributed by atoms with E-state index in [0.29, 0.717) is 5.71 Å². The minimum atomic E-state index is 0.589. The summed E-state index contributed by atoms with van der Waals surface area (Å²) in [5, 5.41) is 13.0. The van der Waals surface area contributed by atoms with E-state index >= 15 is 0 Å². The average molecular weight is 200 g/mol. The Hall–Kier alpha value is -1.90. The molecule has 2 aromatic rings. The third kappa shape index (κ3) is 1.68. The highest BCUT2D eigenvalue weighted by Crippen LogP contribution is 2.16. The molecule has 0 saturated heterocycles. The van der Waals surface area contributed by atoms with Crippen molar-refractivity contribution in [1.82, 2.24) is 4.98 Å². The molecule has 1 aromatic carbocycles. The molecule has 0 aliphatic rings. The fourth-order valence-electron chi connectivity index (χ4n) is 1.63. The van der Waals surface area contributed by atoms with E-state index in [2.05, 4.69) is 10.1 Å². The van der Waals surface area contributed by atoms with E-state index in [0.717, 1.165) is 22.2 Å². The largest absolute Gasteiger partial charge is 0.411 e. The van der Waals surface area contributed by atoms with Gasteiger partial charge in [0, 0.05) is 16.6 Å². The van der Waals surface area contributed by atoms with E-state index in [9.17, 15) is 0 Å². The molecule has 0 aliphatic heterocycles. The lowest BCUT2D eigenvalue weighted by Crippen LogP contribution is -2.00. The minimum Gasteiger partial charge on any atom is -0.411 e. The monoisotopic (exact) mass is 200 g/mol. The van der Waals surface area contributed by atoms with Crippen LogP contribution in [0.1, 0.15) is 18.2 Å². The Balaban J connectivity index is 2.72. The molecule has 76 valence electrons. The highest BCUT2D eigenvalue weighted by atomic mass is 16.4. The summed E-state index contributed by atoms with van der Waals surface area (Å²) in [5.74, 6) is 0. The van der Waals surface area contributed by atoms with Gasteiger partial charge in [-0.15, -0.1) is 0 Å². The molecule has 0 bridgehead atoms. The molecule has 0 atom stereocenters. The first-order valence-electron chi connectivity index (χ1n) is 4.78. The SMILES string of the molecule is C/C(=N/O)c1cc2ccccc2nc1C. The van der Waals surface area contributed by atoms with Crippen LogP contribution in [0.4, 0.5) is 0 Å². The van der Waals surface area contributed by atoms with Crippen molar-refractivity contribution in [3.63, 3.8) is 0 Å². The Morgan fingerprint density at radius 1 is 1.33 bits per heavy atom. The molecule has 0 amide bonds. The molecule has 15 heavy (non-hydrogen) atoms. The van der Waals surface area contributed by atoms with Gasteiger partial charge < -0.3 is 5.21 Å². The third-order valence-electron chi connectivity index (χ3n) is 2.45. The van der Waals surface area contributed by atoms with Crippen LogP contribution in [0.25, 0.3) is 10.9 Å². The lowest BCUT2D eigenvalue weighted by atomic mass is 10.1. The normalized spacial score (nSPS) is 12.0. The van der Waals surface area contributed by atoms with Gasteiger partial charge in [-0.1, -0.05) is 23.4 Å². The van der Waals surface area contributed by atoms with Crippen molar-refractivity contribution >= 4 is 16.6 Å². The van der Waals surface area contributed by atoms with Crippen molar-refractivity contribution in [2.75, 3.05) is 0 Å². The number of oxime groups is 1. The number of fused-ring (bicyclic) bond motifs is 1. The second-order valence-corrected chi connectivity index (χ2v) is 3.50. The molecule has 1 aromatic heterocycles. The van der Waals surface area contributed by atoms with E-state index in [-0.39, 0.29) is 0 Å². The fourth-order valence-corrected chi connectivity index (χ4v) is 1.63. The number of rotatable bonds is 1. The number of aromatic nitrogens is 1. The molecule has 3 heteroatoms. The van der Waals surface area contributed by atoms with Crippen molar-refractivity contribution in [3.05, 3.63) is 41.6 Å². The van der Waals surface area contributed by atoms with Crippen LogP contribution >= 0.6 is 0 Å². The van der Waals surface area contributed by atoms with Gasteiger partial charge in [-0.3, -0.25) is 4.98 Å². The summed E-state index contributed by atoms with van der Waals surface area (Å²) in [7, 11) is 0. The zero-order valence-electron chi connectivity index (χ0n) is 8.73. The lowest BCUT2D eigenvalue weighted by Gasteiger charge is -2.05. The van der Waals surface area contributed by atoms with Crippen LogP contribution in [-0.4, -0.2) is 15.9 Å². The van der Waals surface area contributed by atoms with Gasteiger partial charge in [-0.2, -0.15) is 0 Å². The molecule has 0 unspecified atom stereocenters. The standard InChI is InChI=1S/C12H12N2O/c1-8-11(9(2)14-15)7-10-5-3-4-6-12(10)13-8/h3-7,15H,1-2H3/b14-9-. The maximum atomic E-state index is 8.74. The second kappa shape index (κ2) is 3.69. The van der Waals surface area contributed by atoms with Gasteiger partial charge in [0.05, 0.1) is 11.2 Å². The van der Waals surface area contributed by atoms with Crippen LogP contribution in [0.15, 0.2) is 35.5 Å². The van der Waals surface area contributed by atoms with Crippen LogP contribution in [0.5, 0.6) is 0 Å². The summed E-state index contributed by atoms with van der Waals surface area (Å²) in [5.41, 5.74) is 3.32. The number of aryl methyl sites for hydroxylation is 1. The first-order valence-corrected chi connectivity index (χ1v) is 4.78. The number of para-hydroxylation sites is 1. The van der Waals surface area contributed by atoms with Crippen molar-refractivity contribution in [2.24, 2.45) is 5.16 Å². The summed E-state index contributed by atoms with van der Waals surface area (Å²) < 4.78 is 0.